The molecule has 1 aliphatic heterocycles. The minimum Gasteiger partial charge on any atom is -0.370 e. The molecule has 112 valence electrons. The lowest BCUT2D eigenvalue weighted by molar-refractivity contribution is 0.148. The molecule has 0 atom stereocenters. The number of rotatable bonds is 4. The van der Waals surface area contributed by atoms with E-state index < -0.39 is 0 Å². The van der Waals surface area contributed by atoms with Crippen molar-refractivity contribution in [1.29, 1.82) is 0 Å². The van der Waals surface area contributed by atoms with Gasteiger partial charge in [-0.05, 0) is 60.8 Å². The summed E-state index contributed by atoms with van der Waals surface area (Å²) in [6.45, 7) is 10.4. The topological polar surface area (TPSA) is 56.9 Å². The first-order chi connectivity index (χ1) is 8.78. The molecule has 1 aliphatic rings. The van der Waals surface area contributed by atoms with Crippen LogP contribution in [0.1, 0.15) is 33.6 Å². The lowest BCUT2D eigenvalue weighted by Gasteiger charge is -2.34. The molecule has 5 nitrogen and oxygen atoms in total. The Kier molecular flexibility index (Phi) is 6.07. The van der Waals surface area contributed by atoms with E-state index in [0.717, 1.165) is 19.1 Å². The van der Waals surface area contributed by atoms with Gasteiger partial charge < -0.3 is 20.9 Å². The molecule has 0 aromatic rings. The number of nitrogens with one attached hydrogen (secondary N) is 1. The van der Waals surface area contributed by atoms with Crippen molar-refractivity contribution < 1.29 is 0 Å². The Morgan fingerprint density at radius 3 is 2.37 bits per heavy atom. The van der Waals surface area contributed by atoms with Crippen molar-refractivity contribution in [2.24, 2.45) is 10.7 Å². The molecule has 0 spiro atoms. The normalized spacial score (nSPS) is 20.0. The van der Waals surface area contributed by atoms with E-state index in [-0.39, 0.29) is 5.54 Å². The SMILES string of the molecule is CN(C)C1CCN(CCN=C(N)NC(C)(C)C)CC1. The summed E-state index contributed by atoms with van der Waals surface area (Å²) in [5.41, 5.74) is 5.83. The second-order valence-electron chi connectivity index (χ2n) is 6.68. The fourth-order valence-electron chi connectivity index (χ4n) is 2.39. The maximum Gasteiger partial charge on any atom is 0.189 e. The summed E-state index contributed by atoms with van der Waals surface area (Å²) >= 11 is 0. The van der Waals surface area contributed by atoms with Gasteiger partial charge in [0, 0.05) is 18.1 Å². The smallest absolute Gasteiger partial charge is 0.189 e. The second kappa shape index (κ2) is 7.10. The highest BCUT2D eigenvalue weighted by Crippen LogP contribution is 2.13. The van der Waals surface area contributed by atoms with E-state index in [9.17, 15) is 0 Å². The maximum absolute atomic E-state index is 5.85. The summed E-state index contributed by atoms with van der Waals surface area (Å²) in [6, 6.07) is 0.743. The Bertz CT molecular complexity index is 285. The zero-order chi connectivity index (χ0) is 14.5. The minimum atomic E-state index is -0.0162. The second-order valence-corrected chi connectivity index (χ2v) is 6.68. The molecule has 3 N–H and O–H groups in total. The summed E-state index contributed by atoms with van der Waals surface area (Å²) in [5, 5.41) is 3.18. The molecular formula is C14H31N5. The molecule has 0 aromatic heterocycles. The van der Waals surface area contributed by atoms with Gasteiger partial charge in [0.15, 0.2) is 5.96 Å². The number of nitrogens with zero attached hydrogens (tertiary/aromatic N) is 3. The maximum atomic E-state index is 5.85. The van der Waals surface area contributed by atoms with Crippen molar-refractivity contribution in [2.75, 3.05) is 40.3 Å². The van der Waals surface area contributed by atoms with Crippen LogP contribution < -0.4 is 11.1 Å². The average Bonchev–Trinajstić information content (AvgIpc) is 2.27. The number of piperidine rings is 1. The van der Waals surface area contributed by atoms with E-state index in [1.54, 1.807) is 0 Å². The number of likely N-dealkylation sites (tertiary alicyclic amines) is 1. The van der Waals surface area contributed by atoms with E-state index in [1.807, 2.05) is 0 Å². The van der Waals surface area contributed by atoms with Crippen molar-refractivity contribution >= 4 is 5.96 Å². The van der Waals surface area contributed by atoms with Crippen LogP contribution in [0.2, 0.25) is 0 Å². The van der Waals surface area contributed by atoms with E-state index in [0.29, 0.717) is 5.96 Å². The van der Waals surface area contributed by atoms with Crippen LogP contribution in [0.5, 0.6) is 0 Å². The molecule has 5 heteroatoms. The first-order valence-corrected chi connectivity index (χ1v) is 7.25. The summed E-state index contributed by atoms with van der Waals surface area (Å²) in [5.74, 6) is 0.552. The molecule has 1 rings (SSSR count). The summed E-state index contributed by atoms with van der Waals surface area (Å²) in [6.07, 6.45) is 2.51. The third-order valence-electron chi connectivity index (χ3n) is 3.49. The van der Waals surface area contributed by atoms with E-state index in [1.165, 1.54) is 25.9 Å². The number of hydrogen-bond donors (Lipinski definition) is 2. The minimum absolute atomic E-state index is 0.0162. The van der Waals surface area contributed by atoms with Gasteiger partial charge in [-0.3, -0.25) is 4.99 Å². The van der Waals surface area contributed by atoms with Crippen LogP contribution in [0.25, 0.3) is 0 Å². The Hall–Kier alpha value is -0.810. The molecule has 0 aliphatic carbocycles. The van der Waals surface area contributed by atoms with E-state index >= 15 is 0 Å². The van der Waals surface area contributed by atoms with Gasteiger partial charge in [-0.25, -0.2) is 0 Å². The zero-order valence-electron chi connectivity index (χ0n) is 13.2. The highest BCUT2D eigenvalue weighted by atomic mass is 15.2. The Morgan fingerprint density at radius 1 is 1.32 bits per heavy atom. The molecule has 0 saturated carbocycles. The first kappa shape index (κ1) is 16.2. The average molecular weight is 269 g/mol. The standard InChI is InChI=1S/C14H31N5/c1-14(2,3)17-13(15)16-8-11-19-9-6-12(7-10-19)18(4)5/h12H,6-11H2,1-5H3,(H3,15,16,17). The van der Waals surface area contributed by atoms with Gasteiger partial charge in [-0.2, -0.15) is 0 Å². The quantitative estimate of drug-likeness (QED) is 0.583. The lowest BCUT2D eigenvalue weighted by Crippen LogP contribution is -2.45. The van der Waals surface area contributed by atoms with Crippen LogP contribution in [0.3, 0.4) is 0 Å². The van der Waals surface area contributed by atoms with Crippen molar-refractivity contribution in [3.05, 3.63) is 0 Å². The van der Waals surface area contributed by atoms with Crippen LogP contribution >= 0.6 is 0 Å². The first-order valence-electron chi connectivity index (χ1n) is 7.25. The number of aliphatic imine (C=N–C) groups is 1. The van der Waals surface area contributed by atoms with Gasteiger partial charge in [0.05, 0.1) is 6.54 Å². The Balaban J connectivity index is 2.22. The van der Waals surface area contributed by atoms with Gasteiger partial charge in [0.25, 0.3) is 0 Å². The Morgan fingerprint density at radius 2 is 1.89 bits per heavy atom. The van der Waals surface area contributed by atoms with Gasteiger partial charge in [-0.1, -0.05) is 0 Å². The predicted octanol–water partition coefficient (Wildman–Crippen LogP) is 0.715. The van der Waals surface area contributed by atoms with Gasteiger partial charge in [-0.15, -0.1) is 0 Å². The third kappa shape index (κ3) is 6.78. The number of guanidine groups is 1. The molecular weight excluding hydrogens is 238 g/mol. The zero-order valence-corrected chi connectivity index (χ0v) is 13.2. The highest BCUT2D eigenvalue weighted by molar-refractivity contribution is 5.78. The largest absolute Gasteiger partial charge is 0.370 e. The van der Waals surface area contributed by atoms with Crippen molar-refractivity contribution in [2.45, 2.75) is 45.2 Å². The van der Waals surface area contributed by atoms with Crippen LogP contribution in [0.15, 0.2) is 4.99 Å². The summed E-state index contributed by atoms with van der Waals surface area (Å²) < 4.78 is 0. The van der Waals surface area contributed by atoms with Crippen LogP contribution in [-0.4, -0.2) is 67.6 Å². The fourth-order valence-corrected chi connectivity index (χ4v) is 2.39. The van der Waals surface area contributed by atoms with Gasteiger partial charge >= 0.3 is 0 Å². The monoisotopic (exact) mass is 269 g/mol. The highest BCUT2D eigenvalue weighted by Gasteiger charge is 2.19. The number of nitrogens with two attached hydrogens (primary N) is 1. The third-order valence-corrected chi connectivity index (χ3v) is 3.49. The molecule has 0 aromatic carbocycles. The van der Waals surface area contributed by atoms with E-state index in [4.69, 9.17) is 5.73 Å². The molecule has 0 bridgehead atoms. The van der Waals surface area contributed by atoms with Crippen molar-refractivity contribution in [3.8, 4) is 0 Å². The molecule has 0 unspecified atom stereocenters. The Labute approximate surface area is 118 Å². The van der Waals surface area contributed by atoms with Crippen molar-refractivity contribution in [3.63, 3.8) is 0 Å². The summed E-state index contributed by atoms with van der Waals surface area (Å²) in [4.78, 5) is 9.20. The van der Waals surface area contributed by atoms with Crippen LogP contribution in [0, 0.1) is 0 Å². The molecule has 0 radical (unpaired) electrons. The van der Waals surface area contributed by atoms with E-state index in [2.05, 4.69) is 55.0 Å². The number of hydrogen-bond acceptors (Lipinski definition) is 3. The predicted molar refractivity (Wildman–Crippen MR) is 82.5 cm³/mol. The summed E-state index contributed by atoms with van der Waals surface area (Å²) in [7, 11) is 4.34. The molecule has 0 amide bonds. The van der Waals surface area contributed by atoms with Gasteiger partial charge in [0.1, 0.15) is 0 Å². The van der Waals surface area contributed by atoms with Crippen molar-refractivity contribution in [1.82, 2.24) is 15.1 Å². The van der Waals surface area contributed by atoms with Crippen LogP contribution in [-0.2, 0) is 0 Å². The molecule has 1 heterocycles. The molecule has 1 fully saturated rings. The van der Waals surface area contributed by atoms with Gasteiger partial charge in [0.2, 0.25) is 0 Å². The lowest BCUT2D eigenvalue weighted by atomic mass is 10.0. The van der Waals surface area contributed by atoms with Crippen LogP contribution in [0.4, 0.5) is 0 Å². The molecule has 1 saturated heterocycles. The fraction of sp³-hybridized carbons (Fsp3) is 0.929. The molecule has 19 heavy (non-hydrogen) atoms.